The summed E-state index contributed by atoms with van der Waals surface area (Å²) >= 11 is 0. The first-order valence-corrected chi connectivity index (χ1v) is 11.4. The topological polar surface area (TPSA) is 105 Å². The molecule has 0 aliphatic carbocycles. The number of carbonyl (C=O) groups is 2. The van der Waals surface area contributed by atoms with Crippen LogP contribution >= 0.6 is 0 Å². The number of rotatable bonds is 2. The van der Waals surface area contributed by atoms with Crippen LogP contribution in [0.4, 0.5) is 36.2 Å². The molecule has 1 aromatic heterocycles. The number of aromatic nitrogens is 2. The van der Waals surface area contributed by atoms with Crippen molar-refractivity contribution in [2.75, 3.05) is 48.3 Å². The van der Waals surface area contributed by atoms with Gasteiger partial charge in [-0.05, 0) is 30.3 Å². The molecule has 1 saturated heterocycles. The number of hydrogen-bond donors (Lipinski definition) is 1. The largest absolute Gasteiger partial charge is 0.417 e. The van der Waals surface area contributed by atoms with Gasteiger partial charge in [-0.2, -0.15) is 18.4 Å². The van der Waals surface area contributed by atoms with E-state index in [1.165, 1.54) is 23.1 Å². The van der Waals surface area contributed by atoms with E-state index in [2.05, 4.69) is 21.6 Å². The summed E-state index contributed by atoms with van der Waals surface area (Å²) in [6.45, 7) is 0.938. The molecule has 188 valence electrons. The maximum absolute atomic E-state index is 13.4. The van der Waals surface area contributed by atoms with Crippen LogP contribution in [0.1, 0.15) is 31.8 Å². The normalized spacial score (nSPS) is 15.3. The fourth-order valence-electron chi connectivity index (χ4n) is 4.56. The molecule has 3 aromatic rings. The Bertz CT molecular complexity index is 1440. The lowest BCUT2D eigenvalue weighted by Gasteiger charge is -2.35. The smallest absolute Gasteiger partial charge is 0.352 e. The van der Waals surface area contributed by atoms with Crippen LogP contribution in [0.15, 0.2) is 48.5 Å². The van der Waals surface area contributed by atoms with Gasteiger partial charge in [0.25, 0.3) is 11.8 Å². The fourth-order valence-corrected chi connectivity index (χ4v) is 4.56. The van der Waals surface area contributed by atoms with Gasteiger partial charge in [-0.15, -0.1) is 10.2 Å². The van der Waals surface area contributed by atoms with E-state index in [0.717, 1.165) is 6.07 Å². The lowest BCUT2D eigenvalue weighted by atomic mass is 10.1. The minimum Gasteiger partial charge on any atom is -0.352 e. The Morgan fingerprint density at radius 2 is 1.78 bits per heavy atom. The predicted molar refractivity (Wildman–Crippen MR) is 129 cm³/mol. The van der Waals surface area contributed by atoms with Crippen molar-refractivity contribution in [3.05, 3.63) is 70.8 Å². The molecule has 0 radical (unpaired) electrons. The van der Waals surface area contributed by atoms with Gasteiger partial charge in [0.15, 0.2) is 11.6 Å². The molecule has 12 heteroatoms. The molecule has 2 aromatic carbocycles. The zero-order valence-electron chi connectivity index (χ0n) is 19.6. The van der Waals surface area contributed by atoms with Crippen molar-refractivity contribution in [1.29, 1.82) is 5.26 Å². The van der Waals surface area contributed by atoms with E-state index in [0.29, 0.717) is 35.8 Å². The highest BCUT2D eigenvalue weighted by Gasteiger charge is 2.36. The number of piperazine rings is 1. The van der Waals surface area contributed by atoms with E-state index < -0.39 is 23.6 Å². The molecule has 3 heterocycles. The number of para-hydroxylation sites is 1. The second kappa shape index (κ2) is 9.09. The maximum atomic E-state index is 13.4. The summed E-state index contributed by atoms with van der Waals surface area (Å²) in [6.07, 6.45) is -4.63. The van der Waals surface area contributed by atoms with Crippen LogP contribution in [-0.2, 0) is 6.18 Å². The van der Waals surface area contributed by atoms with Crippen molar-refractivity contribution in [3.63, 3.8) is 0 Å². The standard InChI is InChI=1S/C25H20F3N7O2/c1-33-21-15(14-29)5-4-8-19(21)30-23(36)17-13-20(31-32-22(17)33)34-9-11-35(12-10-34)24(37)16-6-2-3-7-18(16)25(26,27)28/h2-8,13H,9-12H2,1H3,(H,30,36). The zero-order valence-corrected chi connectivity index (χ0v) is 19.6. The van der Waals surface area contributed by atoms with E-state index >= 15 is 0 Å². The third-order valence-electron chi connectivity index (χ3n) is 6.42. The zero-order chi connectivity index (χ0) is 26.3. The Balaban J connectivity index is 1.36. The molecular formula is C25H20F3N7O2. The van der Waals surface area contributed by atoms with Gasteiger partial charge in [-0.3, -0.25) is 9.59 Å². The fraction of sp³-hybridized carbons (Fsp3) is 0.240. The third kappa shape index (κ3) is 4.29. The summed E-state index contributed by atoms with van der Waals surface area (Å²) in [6, 6.07) is 13.4. The van der Waals surface area contributed by atoms with Crippen LogP contribution in [0.5, 0.6) is 0 Å². The average Bonchev–Trinajstić information content (AvgIpc) is 3.01. The molecule has 0 spiro atoms. The first-order valence-electron chi connectivity index (χ1n) is 11.4. The van der Waals surface area contributed by atoms with E-state index in [4.69, 9.17) is 0 Å². The number of anilines is 4. The van der Waals surface area contributed by atoms with Crippen molar-refractivity contribution >= 4 is 34.8 Å². The number of carbonyl (C=O) groups excluding carboxylic acids is 2. The Hall–Kier alpha value is -4.66. The number of halogens is 3. The van der Waals surface area contributed by atoms with Gasteiger partial charge < -0.3 is 20.0 Å². The number of hydrogen-bond acceptors (Lipinski definition) is 7. The van der Waals surface area contributed by atoms with Crippen LogP contribution < -0.4 is 15.1 Å². The Morgan fingerprint density at radius 3 is 2.49 bits per heavy atom. The number of nitrogens with one attached hydrogen (secondary N) is 1. The quantitative estimate of drug-likeness (QED) is 0.564. The number of fused-ring (bicyclic) bond motifs is 2. The lowest BCUT2D eigenvalue weighted by molar-refractivity contribution is -0.138. The van der Waals surface area contributed by atoms with E-state index in [-0.39, 0.29) is 30.0 Å². The van der Waals surface area contributed by atoms with E-state index in [9.17, 15) is 28.0 Å². The van der Waals surface area contributed by atoms with Crippen molar-refractivity contribution in [2.45, 2.75) is 6.18 Å². The number of amides is 2. The van der Waals surface area contributed by atoms with Crippen molar-refractivity contribution in [3.8, 4) is 6.07 Å². The van der Waals surface area contributed by atoms with Crippen LogP contribution in [0.2, 0.25) is 0 Å². The van der Waals surface area contributed by atoms with E-state index in [1.807, 2.05) is 4.90 Å². The van der Waals surface area contributed by atoms with Gasteiger partial charge in [0.2, 0.25) is 0 Å². The highest BCUT2D eigenvalue weighted by atomic mass is 19.4. The molecule has 2 aliphatic rings. The monoisotopic (exact) mass is 507 g/mol. The molecule has 5 rings (SSSR count). The van der Waals surface area contributed by atoms with Crippen LogP contribution in [0.3, 0.4) is 0 Å². The molecule has 2 aliphatic heterocycles. The maximum Gasteiger partial charge on any atom is 0.417 e. The number of benzene rings is 2. The molecule has 0 unspecified atom stereocenters. The summed E-state index contributed by atoms with van der Waals surface area (Å²) < 4.78 is 40.1. The first-order chi connectivity index (χ1) is 17.7. The summed E-state index contributed by atoms with van der Waals surface area (Å²) in [4.78, 5) is 30.7. The highest BCUT2D eigenvalue weighted by molar-refractivity contribution is 6.12. The molecule has 0 atom stereocenters. The van der Waals surface area contributed by atoms with Crippen molar-refractivity contribution in [2.24, 2.45) is 0 Å². The Morgan fingerprint density at radius 1 is 1.05 bits per heavy atom. The van der Waals surface area contributed by atoms with Gasteiger partial charge in [0, 0.05) is 33.2 Å². The van der Waals surface area contributed by atoms with Gasteiger partial charge in [-0.1, -0.05) is 18.2 Å². The Kier molecular flexibility index (Phi) is 5.91. The molecule has 2 amide bonds. The summed E-state index contributed by atoms with van der Waals surface area (Å²) in [5.74, 6) is -0.422. The van der Waals surface area contributed by atoms with Crippen LogP contribution in [-0.4, -0.2) is 60.1 Å². The SMILES string of the molecule is CN1c2nnc(N3CCN(C(=O)c4ccccc4C(F)(F)F)CC3)cc2C(=O)Nc2cccc(C#N)c21. The third-order valence-corrected chi connectivity index (χ3v) is 6.42. The Labute approximate surface area is 209 Å². The van der Waals surface area contributed by atoms with E-state index in [1.54, 1.807) is 36.2 Å². The summed E-state index contributed by atoms with van der Waals surface area (Å²) in [5, 5.41) is 20.8. The van der Waals surface area contributed by atoms with Crippen molar-refractivity contribution in [1.82, 2.24) is 15.1 Å². The van der Waals surface area contributed by atoms with Crippen LogP contribution in [0, 0.1) is 11.3 Å². The number of alkyl halides is 3. The molecule has 0 bridgehead atoms. The molecule has 0 saturated carbocycles. The second-order valence-corrected chi connectivity index (χ2v) is 8.59. The molecule has 1 fully saturated rings. The van der Waals surface area contributed by atoms with Gasteiger partial charge in [-0.25, -0.2) is 0 Å². The van der Waals surface area contributed by atoms with Gasteiger partial charge >= 0.3 is 6.18 Å². The predicted octanol–water partition coefficient (Wildman–Crippen LogP) is 3.66. The lowest BCUT2D eigenvalue weighted by Crippen LogP contribution is -2.49. The molecule has 1 N–H and O–H groups in total. The van der Waals surface area contributed by atoms with Crippen LogP contribution in [0.25, 0.3) is 0 Å². The second-order valence-electron chi connectivity index (χ2n) is 8.59. The molecular weight excluding hydrogens is 487 g/mol. The first kappa shape index (κ1) is 24.1. The summed E-state index contributed by atoms with van der Waals surface area (Å²) in [5.41, 5.74) is 0.249. The number of nitrogens with zero attached hydrogens (tertiary/aromatic N) is 6. The average molecular weight is 507 g/mol. The molecule has 37 heavy (non-hydrogen) atoms. The van der Waals surface area contributed by atoms with Gasteiger partial charge in [0.05, 0.1) is 33.6 Å². The minimum absolute atomic E-state index is 0.173. The minimum atomic E-state index is -4.63. The highest BCUT2D eigenvalue weighted by Crippen LogP contribution is 2.38. The van der Waals surface area contributed by atoms with Gasteiger partial charge in [0.1, 0.15) is 6.07 Å². The van der Waals surface area contributed by atoms with Crippen molar-refractivity contribution < 1.29 is 22.8 Å². The summed E-state index contributed by atoms with van der Waals surface area (Å²) in [7, 11) is 1.69. The number of nitriles is 1. The molecule has 9 nitrogen and oxygen atoms in total.